The van der Waals surface area contributed by atoms with Gasteiger partial charge in [-0.05, 0) is 53.9 Å². The van der Waals surface area contributed by atoms with Gasteiger partial charge in [0.2, 0.25) is 0 Å². The predicted molar refractivity (Wildman–Crippen MR) is 127 cm³/mol. The van der Waals surface area contributed by atoms with Crippen molar-refractivity contribution in [2.75, 3.05) is 29.6 Å². The lowest BCUT2D eigenvalue weighted by Crippen LogP contribution is -2.26. The molecule has 0 atom stereocenters. The normalized spacial score (nSPS) is 10.4. The molecule has 3 amide bonds. The van der Waals surface area contributed by atoms with Crippen molar-refractivity contribution in [3.8, 4) is 0 Å². The Bertz CT molecular complexity index is 1100. The van der Waals surface area contributed by atoms with Gasteiger partial charge in [0, 0.05) is 37.7 Å². The number of para-hydroxylation sites is 1. The largest absolute Gasteiger partial charge is 0.377 e. The number of nitrogens with one attached hydrogen (secondary N) is 3. The standard InChI is InChI=1S/C25H27FN4O2/c1-4-18-7-5-6-8-22(18)29-25(32)28-20-13-14-23(30(2)3)21(15-20)24(31)27-16-17-9-11-19(26)12-10-17/h5-15H,4,16H2,1-3H3,(H,27,31)(H2,28,29,32). The third kappa shape index (κ3) is 5.85. The average Bonchev–Trinajstić information content (AvgIpc) is 2.78. The van der Waals surface area contributed by atoms with Crippen LogP contribution in [0.5, 0.6) is 0 Å². The highest BCUT2D eigenvalue weighted by Crippen LogP contribution is 2.24. The summed E-state index contributed by atoms with van der Waals surface area (Å²) >= 11 is 0. The summed E-state index contributed by atoms with van der Waals surface area (Å²) in [5.74, 6) is -0.619. The van der Waals surface area contributed by atoms with E-state index in [4.69, 9.17) is 0 Å². The Balaban J connectivity index is 1.73. The number of carbonyl (C=O) groups is 2. The molecule has 3 aromatic carbocycles. The second-order valence-electron chi connectivity index (χ2n) is 7.53. The second-order valence-corrected chi connectivity index (χ2v) is 7.53. The highest BCUT2D eigenvalue weighted by Gasteiger charge is 2.15. The van der Waals surface area contributed by atoms with Crippen LogP contribution in [0.4, 0.5) is 26.2 Å². The molecule has 0 heterocycles. The van der Waals surface area contributed by atoms with Crippen molar-refractivity contribution in [2.24, 2.45) is 0 Å². The molecule has 166 valence electrons. The number of anilines is 3. The van der Waals surface area contributed by atoms with Crippen LogP contribution in [0.3, 0.4) is 0 Å². The second kappa shape index (κ2) is 10.4. The first-order valence-electron chi connectivity index (χ1n) is 10.4. The van der Waals surface area contributed by atoms with E-state index < -0.39 is 0 Å². The Labute approximate surface area is 187 Å². The van der Waals surface area contributed by atoms with Gasteiger partial charge in [-0.2, -0.15) is 0 Å². The number of halogens is 1. The van der Waals surface area contributed by atoms with Gasteiger partial charge in [-0.15, -0.1) is 0 Å². The number of hydrogen-bond acceptors (Lipinski definition) is 3. The molecule has 0 saturated heterocycles. The first kappa shape index (κ1) is 22.8. The Morgan fingerprint density at radius 2 is 1.66 bits per heavy atom. The molecule has 32 heavy (non-hydrogen) atoms. The van der Waals surface area contributed by atoms with Crippen LogP contribution < -0.4 is 20.9 Å². The minimum absolute atomic E-state index is 0.262. The maximum atomic E-state index is 13.1. The van der Waals surface area contributed by atoms with E-state index in [1.54, 1.807) is 30.3 Å². The number of benzene rings is 3. The Kier molecular flexibility index (Phi) is 7.44. The van der Waals surface area contributed by atoms with Gasteiger partial charge in [-0.1, -0.05) is 37.3 Å². The van der Waals surface area contributed by atoms with Gasteiger partial charge >= 0.3 is 6.03 Å². The maximum absolute atomic E-state index is 13.1. The van der Waals surface area contributed by atoms with Gasteiger partial charge in [0.05, 0.1) is 5.56 Å². The van der Waals surface area contributed by atoms with E-state index in [9.17, 15) is 14.0 Å². The zero-order valence-corrected chi connectivity index (χ0v) is 18.4. The lowest BCUT2D eigenvalue weighted by atomic mass is 10.1. The molecule has 0 aliphatic carbocycles. The smallest absolute Gasteiger partial charge is 0.323 e. The topological polar surface area (TPSA) is 73.5 Å². The third-order valence-corrected chi connectivity index (χ3v) is 4.99. The summed E-state index contributed by atoms with van der Waals surface area (Å²) in [7, 11) is 3.68. The van der Waals surface area contributed by atoms with E-state index in [0.29, 0.717) is 16.9 Å². The van der Waals surface area contributed by atoms with Crippen molar-refractivity contribution >= 4 is 29.0 Å². The fourth-order valence-electron chi connectivity index (χ4n) is 3.30. The van der Waals surface area contributed by atoms with Gasteiger partial charge in [-0.25, -0.2) is 9.18 Å². The number of amides is 3. The number of hydrogen-bond donors (Lipinski definition) is 3. The molecule has 3 rings (SSSR count). The van der Waals surface area contributed by atoms with E-state index in [2.05, 4.69) is 16.0 Å². The van der Waals surface area contributed by atoms with E-state index in [1.807, 2.05) is 50.2 Å². The summed E-state index contributed by atoms with van der Waals surface area (Å²) in [6.07, 6.45) is 0.798. The minimum Gasteiger partial charge on any atom is -0.377 e. The number of carbonyl (C=O) groups excluding carboxylic acids is 2. The molecule has 0 aliphatic rings. The summed E-state index contributed by atoms with van der Waals surface area (Å²) in [6, 6.07) is 18.3. The number of aryl methyl sites for hydroxylation is 1. The molecule has 0 aromatic heterocycles. The Hall–Kier alpha value is -3.87. The molecule has 0 fully saturated rings. The van der Waals surface area contributed by atoms with Crippen LogP contribution in [0.15, 0.2) is 66.7 Å². The van der Waals surface area contributed by atoms with Crippen molar-refractivity contribution in [1.29, 1.82) is 0 Å². The molecular formula is C25H27FN4O2. The molecule has 0 saturated carbocycles. The molecule has 0 radical (unpaired) electrons. The lowest BCUT2D eigenvalue weighted by molar-refractivity contribution is 0.0951. The monoisotopic (exact) mass is 434 g/mol. The van der Waals surface area contributed by atoms with Crippen LogP contribution in [0, 0.1) is 5.82 Å². The summed E-state index contributed by atoms with van der Waals surface area (Å²) < 4.78 is 13.1. The zero-order chi connectivity index (χ0) is 23.1. The highest BCUT2D eigenvalue weighted by atomic mass is 19.1. The summed E-state index contributed by atoms with van der Waals surface area (Å²) in [4.78, 5) is 27.2. The molecule has 3 aromatic rings. The van der Waals surface area contributed by atoms with Gasteiger partial charge in [0.1, 0.15) is 5.82 Å². The van der Waals surface area contributed by atoms with Crippen LogP contribution in [-0.2, 0) is 13.0 Å². The molecule has 7 heteroatoms. The fraction of sp³-hybridized carbons (Fsp3) is 0.200. The van der Waals surface area contributed by atoms with Crippen molar-refractivity contribution < 1.29 is 14.0 Å². The van der Waals surface area contributed by atoms with E-state index in [1.165, 1.54) is 12.1 Å². The number of rotatable bonds is 7. The third-order valence-electron chi connectivity index (χ3n) is 4.99. The first-order valence-corrected chi connectivity index (χ1v) is 10.4. The van der Waals surface area contributed by atoms with Crippen molar-refractivity contribution in [2.45, 2.75) is 19.9 Å². The molecule has 0 aliphatic heterocycles. The van der Waals surface area contributed by atoms with Gasteiger partial charge in [0.15, 0.2) is 0 Å². The van der Waals surface area contributed by atoms with Crippen LogP contribution in [-0.4, -0.2) is 26.0 Å². The summed E-state index contributed by atoms with van der Waals surface area (Å²) in [5.41, 5.74) is 4.19. The quantitative estimate of drug-likeness (QED) is 0.488. The minimum atomic E-state index is -0.388. The average molecular weight is 435 g/mol. The van der Waals surface area contributed by atoms with Crippen LogP contribution in [0.25, 0.3) is 0 Å². The summed E-state index contributed by atoms with van der Waals surface area (Å²) in [5, 5.41) is 8.50. The lowest BCUT2D eigenvalue weighted by Gasteiger charge is -2.19. The van der Waals surface area contributed by atoms with Crippen molar-refractivity contribution in [3.05, 3.63) is 89.2 Å². The van der Waals surface area contributed by atoms with Crippen molar-refractivity contribution in [1.82, 2.24) is 5.32 Å². The Morgan fingerprint density at radius 3 is 2.34 bits per heavy atom. The van der Waals surface area contributed by atoms with E-state index in [0.717, 1.165) is 23.2 Å². The maximum Gasteiger partial charge on any atom is 0.323 e. The van der Waals surface area contributed by atoms with Crippen LogP contribution in [0.2, 0.25) is 0 Å². The van der Waals surface area contributed by atoms with Crippen LogP contribution >= 0.6 is 0 Å². The van der Waals surface area contributed by atoms with E-state index in [-0.39, 0.29) is 24.3 Å². The van der Waals surface area contributed by atoms with Crippen LogP contribution in [0.1, 0.15) is 28.4 Å². The fourth-order valence-corrected chi connectivity index (χ4v) is 3.30. The SMILES string of the molecule is CCc1ccccc1NC(=O)Nc1ccc(N(C)C)c(C(=O)NCc2ccc(F)cc2)c1. The molecule has 0 spiro atoms. The summed E-state index contributed by atoms with van der Waals surface area (Å²) in [6.45, 7) is 2.28. The van der Waals surface area contributed by atoms with Crippen molar-refractivity contribution in [3.63, 3.8) is 0 Å². The zero-order valence-electron chi connectivity index (χ0n) is 18.4. The molecule has 6 nitrogen and oxygen atoms in total. The molecule has 0 bridgehead atoms. The van der Waals surface area contributed by atoms with Gasteiger partial charge in [-0.3, -0.25) is 4.79 Å². The highest BCUT2D eigenvalue weighted by molar-refractivity contribution is 6.04. The predicted octanol–water partition coefficient (Wildman–Crippen LogP) is 5.03. The molecule has 0 unspecified atom stereocenters. The number of nitrogens with zero attached hydrogens (tertiary/aromatic N) is 1. The first-order chi connectivity index (χ1) is 15.4. The molecular weight excluding hydrogens is 407 g/mol. The Morgan fingerprint density at radius 1 is 0.938 bits per heavy atom. The molecule has 3 N–H and O–H groups in total. The van der Waals surface area contributed by atoms with E-state index >= 15 is 0 Å². The van der Waals surface area contributed by atoms with Gasteiger partial charge < -0.3 is 20.9 Å². The number of urea groups is 1. The van der Waals surface area contributed by atoms with Gasteiger partial charge in [0.25, 0.3) is 5.91 Å².